The number of rotatable bonds is 9. The molecule has 0 bridgehead atoms. The molecule has 0 heterocycles. The van der Waals surface area contributed by atoms with Crippen LogP contribution in [-0.2, 0) is 9.59 Å². The van der Waals surface area contributed by atoms with E-state index < -0.39 is 17.8 Å². The fourth-order valence-electron chi connectivity index (χ4n) is 2.38. The van der Waals surface area contributed by atoms with E-state index in [9.17, 15) is 14.4 Å². The molecule has 0 aromatic heterocycles. The predicted molar refractivity (Wildman–Crippen MR) is 103 cm³/mol. The minimum atomic E-state index is -0.959. The molecule has 2 aromatic rings. The Morgan fingerprint density at radius 2 is 1.68 bits per heavy atom. The molecule has 0 saturated carbocycles. The number of aliphatic carboxylic acids is 1. The molecule has 0 aliphatic rings. The second-order valence-corrected chi connectivity index (χ2v) is 5.74. The highest BCUT2D eigenvalue weighted by molar-refractivity contribution is 6.02. The van der Waals surface area contributed by atoms with Crippen molar-refractivity contribution in [1.82, 2.24) is 10.7 Å². The molecular formula is C20H21N3O5. The molecule has 0 saturated heterocycles. The van der Waals surface area contributed by atoms with Gasteiger partial charge in [0.05, 0.1) is 31.4 Å². The molecule has 0 aliphatic heterocycles. The van der Waals surface area contributed by atoms with Crippen molar-refractivity contribution >= 4 is 23.5 Å². The maximum Gasteiger partial charge on any atom is 0.303 e. The molecule has 28 heavy (non-hydrogen) atoms. The topological polar surface area (TPSA) is 117 Å². The van der Waals surface area contributed by atoms with Gasteiger partial charge in [-0.2, -0.15) is 5.10 Å². The van der Waals surface area contributed by atoms with Gasteiger partial charge in [0.25, 0.3) is 11.8 Å². The summed E-state index contributed by atoms with van der Waals surface area (Å²) in [4.78, 5) is 35.1. The first kappa shape index (κ1) is 20.6. The van der Waals surface area contributed by atoms with E-state index >= 15 is 0 Å². The zero-order valence-corrected chi connectivity index (χ0v) is 15.3. The maximum absolute atomic E-state index is 12.2. The van der Waals surface area contributed by atoms with Crippen molar-refractivity contribution in [3.8, 4) is 5.75 Å². The number of nitrogens with zero attached hydrogens (tertiary/aromatic N) is 1. The summed E-state index contributed by atoms with van der Waals surface area (Å²) < 4.78 is 5.12. The van der Waals surface area contributed by atoms with Crippen molar-refractivity contribution in [2.24, 2.45) is 5.10 Å². The maximum atomic E-state index is 12.2. The molecule has 2 amide bonds. The minimum Gasteiger partial charge on any atom is -0.496 e. The fraction of sp³-hybridized carbons (Fsp3) is 0.200. The van der Waals surface area contributed by atoms with Gasteiger partial charge in [-0.15, -0.1) is 0 Å². The van der Waals surface area contributed by atoms with Crippen LogP contribution in [0, 0.1) is 0 Å². The van der Waals surface area contributed by atoms with Gasteiger partial charge in [0.15, 0.2) is 0 Å². The fourth-order valence-corrected chi connectivity index (χ4v) is 2.38. The monoisotopic (exact) mass is 383 g/mol. The Morgan fingerprint density at radius 1 is 1.00 bits per heavy atom. The first-order valence-electron chi connectivity index (χ1n) is 8.55. The quantitative estimate of drug-likeness (QED) is 0.451. The van der Waals surface area contributed by atoms with Gasteiger partial charge >= 0.3 is 5.97 Å². The van der Waals surface area contributed by atoms with Crippen LogP contribution in [0.15, 0.2) is 59.7 Å². The van der Waals surface area contributed by atoms with Gasteiger partial charge in [-0.25, -0.2) is 5.43 Å². The molecule has 8 nitrogen and oxygen atoms in total. The van der Waals surface area contributed by atoms with Crippen molar-refractivity contribution in [1.29, 1.82) is 0 Å². The number of carbonyl (C=O) groups excluding carboxylic acids is 2. The van der Waals surface area contributed by atoms with Crippen molar-refractivity contribution < 1.29 is 24.2 Å². The van der Waals surface area contributed by atoms with Crippen molar-refractivity contribution in [3.63, 3.8) is 0 Å². The van der Waals surface area contributed by atoms with E-state index in [1.54, 1.807) is 48.5 Å². The first-order chi connectivity index (χ1) is 13.5. The SMILES string of the molecule is COc1ccccc1C(=O)NCC(=O)NN=C(CCC(=O)O)c1ccccc1. The van der Waals surface area contributed by atoms with Gasteiger partial charge in [0.1, 0.15) is 5.75 Å². The van der Waals surface area contributed by atoms with Crippen molar-refractivity contribution in [2.75, 3.05) is 13.7 Å². The number of carbonyl (C=O) groups is 3. The number of hydrogen-bond acceptors (Lipinski definition) is 5. The summed E-state index contributed by atoms with van der Waals surface area (Å²) in [6.07, 6.45) is 0.0430. The Bertz CT molecular complexity index is 865. The number of carboxylic acids is 1. The van der Waals surface area contributed by atoms with E-state index in [-0.39, 0.29) is 19.4 Å². The van der Waals surface area contributed by atoms with E-state index in [1.165, 1.54) is 7.11 Å². The van der Waals surface area contributed by atoms with Crippen molar-refractivity contribution in [2.45, 2.75) is 12.8 Å². The Labute approximate surface area is 162 Å². The lowest BCUT2D eigenvalue weighted by Crippen LogP contribution is -2.35. The van der Waals surface area contributed by atoms with Crippen LogP contribution < -0.4 is 15.5 Å². The smallest absolute Gasteiger partial charge is 0.303 e. The zero-order chi connectivity index (χ0) is 20.4. The molecule has 2 rings (SSSR count). The lowest BCUT2D eigenvalue weighted by atomic mass is 10.1. The van der Waals surface area contributed by atoms with Gasteiger partial charge in [-0.1, -0.05) is 42.5 Å². The van der Waals surface area contributed by atoms with E-state index in [2.05, 4.69) is 15.8 Å². The molecule has 8 heteroatoms. The number of hydrazone groups is 1. The first-order valence-corrected chi connectivity index (χ1v) is 8.55. The number of para-hydroxylation sites is 1. The van der Waals surface area contributed by atoms with E-state index in [4.69, 9.17) is 9.84 Å². The number of hydrogen-bond donors (Lipinski definition) is 3. The van der Waals surface area contributed by atoms with Crippen LogP contribution in [0.3, 0.4) is 0 Å². The molecule has 0 atom stereocenters. The lowest BCUT2D eigenvalue weighted by molar-refractivity contribution is -0.136. The van der Waals surface area contributed by atoms with Gasteiger partial charge < -0.3 is 15.2 Å². The highest BCUT2D eigenvalue weighted by atomic mass is 16.5. The number of amides is 2. The number of methoxy groups -OCH3 is 1. The molecule has 2 aromatic carbocycles. The Morgan fingerprint density at radius 3 is 2.36 bits per heavy atom. The highest BCUT2D eigenvalue weighted by Gasteiger charge is 2.13. The number of benzene rings is 2. The van der Waals surface area contributed by atoms with Gasteiger partial charge in [-0.05, 0) is 17.7 Å². The summed E-state index contributed by atoms with van der Waals surface area (Å²) in [5, 5.41) is 15.4. The third kappa shape index (κ3) is 6.24. The third-order valence-electron chi connectivity index (χ3n) is 3.76. The minimum absolute atomic E-state index is 0.117. The summed E-state index contributed by atoms with van der Waals surface area (Å²) >= 11 is 0. The van der Waals surface area contributed by atoms with Crippen LogP contribution in [0.4, 0.5) is 0 Å². The number of carboxylic acid groups (broad SMARTS) is 1. The van der Waals surface area contributed by atoms with Crippen LogP contribution in [-0.4, -0.2) is 42.3 Å². The average Bonchev–Trinajstić information content (AvgIpc) is 2.72. The molecule has 0 unspecified atom stereocenters. The van der Waals surface area contributed by atoms with Gasteiger partial charge in [-0.3, -0.25) is 14.4 Å². The average molecular weight is 383 g/mol. The zero-order valence-electron chi connectivity index (χ0n) is 15.3. The summed E-state index contributed by atoms with van der Waals surface area (Å²) in [6.45, 7) is -0.290. The van der Waals surface area contributed by atoms with Crippen molar-refractivity contribution in [3.05, 3.63) is 65.7 Å². The number of ether oxygens (including phenoxy) is 1. The Kier molecular flexibility index (Phi) is 7.71. The van der Waals surface area contributed by atoms with Crippen LogP contribution in [0.2, 0.25) is 0 Å². The van der Waals surface area contributed by atoms with Crippen LogP contribution >= 0.6 is 0 Å². The van der Waals surface area contributed by atoms with E-state index in [0.29, 0.717) is 22.6 Å². The summed E-state index contributed by atoms with van der Waals surface area (Å²) in [7, 11) is 1.45. The second kappa shape index (κ2) is 10.5. The summed E-state index contributed by atoms with van der Waals surface area (Å²) in [6, 6.07) is 15.6. The molecule has 0 fully saturated rings. The molecular weight excluding hydrogens is 362 g/mol. The normalized spacial score (nSPS) is 10.8. The molecule has 146 valence electrons. The van der Waals surface area contributed by atoms with Crippen LogP contribution in [0.25, 0.3) is 0 Å². The highest BCUT2D eigenvalue weighted by Crippen LogP contribution is 2.16. The van der Waals surface area contributed by atoms with Crippen LogP contribution in [0.1, 0.15) is 28.8 Å². The summed E-state index contributed by atoms with van der Waals surface area (Å²) in [5.41, 5.74) is 3.81. The molecule has 0 spiro atoms. The number of nitrogens with one attached hydrogen (secondary N) is 2. The third-order valence-corrected chi connectivity index (χ3v) is 3.76. The summed E-state index contributed by atoms with van der Waals surface area (Å²) in [5.74, 6) is -1.55. The van der Waals surface area contributed by atoms with Crippen LogP contribution in [0.5, 0.6) is 5.75 Å². The molecule has 0 radical (unpaired) electrons. The lowest BCUT2D eigenvalue weighted by Gasteiger charge is -2.09. The van der Waals surface area contributed by atoms with E-state index in [0.717, 1.165) is 0 Å². The second-order valence-electron chi connectivity index (χ2n) is 5.74. The molecule has 0 aliphatic carbocycles. The Hall–Kier alpha value is -3.68. The van der Waals surface area contributed by atoms with Gasteiger partial charge in [0.2, 0.25) is 0 Å². The van der Waals surface area contributed by atoms with Gasteiger partial charge in [0, 0.05) is 6.42 Å². The molecule has 3 N–H and O–H groups in total. The Balaban J connectivity index is 1.97. The van der Waals surface area contributed by atoms with E-state index in [1.807, 2.05) is 6.07 Å². The standard InChI is InChI=1S/C20H21N3O5/c1-28-17-10-6-5-9-15(17)20(27)21-13-18(24)23-22-16(11-12-19(25)26)14-7-3-2-4-8-14/h2-10H,11-13H2,1H3,(H,21,27)(H,23,24)(H,25,26). The largest absolute Gasteiger partial charge is 0.496 e. The predicted octanol–water partition coefficient (Wildman–Crippen LogP) is 1.81.